The van der Waals surface area contributed by atoms with Gasteiger partial charge in [0.25, 0.3) is 0 Å². The molecule has 2 heterocycles. The minimum absolute atomic E-state index is 0.0720. The quantitative estimate of drug-likeness (QED) is 0.808. The molecule has 0 amide bonds. The summed E-state index contributed by atoms with van der Waals surface area (Å²) in [5.41, 5.74) is 0. The monoisotopic (exact) mass is 246 g/mol. The standard InChI is InChI=1S/C9H14N2O2S2/c10-15(12,13)6-7-4-11-5-8(7)9-2-1-3-14-9/h1-3,7-8,11H,4-6H2,(H2,10,12,13). The Morgan fingerprint density at radius 1 is 1.53 bits per heavy atom. The van der Waals surface area contributed by atoms with Gasteiger partial charge in [0, 0.05) is 17.3 Å². The highest BCUT2D eigenvalue weighted by Gasteiger charge is 2.31. The number of thiophene rings is 1. The van der Waals surface area contributed by atoms with Crippen molar-refractivity contribution in [3.05, 3.63) is 22.4 Å². The van der Waals surface area contributed by atoms with Gasteiger partial charge >= 0.3 is 0 Å². The summed E-state index contributed by atoms with van der Waals surface area (Å²) >= 11 is 1.67. The van der Waals surface area contributed by atoms with Crippen LogP contribution in [0, 0.1) is 5.92 Å². The normalized spacial score (nSPS) is 27.0. The summed E-state index contributed by atoms with van der Waals surface area (Å²) in [4.78, 5) is 1.24. The van der Waals surface area contributed by atoms with E-state index >= 15 is 0 Å². The van der Waals surface area contributed by atoms with E-state index in [0.717, 1.165) is 13.1 Å². The molecule has 6 heteroatoms. The third kappa shape index (κ3) is 2.78. The summed E-state index contributed by atoms with van der Waals surface area (Å²) in [6, 6.07) is 4.05. The van der Waals surface area contributed by atoms with Gasteiger partial charge in [0.2, 0.25) is 10.0 Å². The van der Waals surface area contributed by atoms with E-state index in [1.165, 1.54) is 4.88 Å². The first-order valence-corrected chi connectivity index (χ1v) is 7.40. The SMILES string of the molecule is NS(=O)(=O)CC1CNCC1c1cccs1. The van der Waals surface area contributed by atoms with Gasteiger partial charge in [-0.25, -0.2) is 13.6 Å². The molecule has 2 rings (SSSR count). The molecular weight excluding hydrogens is 232 g/mol. The lowest BCUT2D eigenvalue weighted by Gasteiger charge is -2.15. The molecule has 1 aromatic heterocycles. The molecule has 0 bridgehead atoms. The zero-order valence-electron chi connectivity index (χ0n) is 8.22. The van der Waals surface area contributed by atoms with Gasteiger partial charge in [-0.15, -0.1) is 11.3 Å². The second-order valence-electron chi connectivity index (χ2n) is 3.87. The van der Waals surface area contributed by atoms with Gasteiger partial charge in [-0.1, -0.05) is 6.07 Å². The Morgan fingerprint density at radius 3 is 2.93 bits per heavy atom. The van der Waals surface area contributed by atoms with Gasteiger partial charge in [-0.2, -0.15) is 0 Å². The van der Waals surface area contributed by atoms with Crippen LogP contribution in [-0.4, -0.2) is 27.3 Å². The summed E-state index contributed by atoms with van der Waals surface area (Å²) in [5, 5.41) is 10.3. The zero-order chi connectivity index (χ0) is 10.9. The largest absolute Gasteiger partial charge is 0.316 e. The van der Waals surface area contributed by atoms with Crippen LogP contribution >= 0.6 is 11.3 Å². The van der Waals surface area contributed by atoms with Gasteiger partial charge < -0.3 is 5.32 Å². The molecule has 15 heavy (non-hydrogen) atoms. The maximum absolute atomic E-state index is 11.1. The summed E-state index contributed by atoms with van der Waals surface area (Å²) in [5.74, 6) is 0.477. The highest BCUT2D eigenvalue weighted by molar-refractivity contribution is 7.89. The highest BCUT2D eigenvalue weighted by atomic mass is 32.2. The Kier molecular flexibility index (Phi) is 3.11. The minimum Gasteiger partial charge on any atom is -0.316 e. The van der Waals surface area contributed by atoms with Gasteiger partial charge in [0.05, 0.1) is 5.75 Å². The molecule has 1 aliphatic rings. The molecule has 0 saturated carbocycles. The van der Waals surface area contributed by atoms with Crippen molar-refractivity contribution in [3.63, 3.8) is 0 Å². The molecule has 2 atom stereocenters. The second-order valence-corrected chi connectivity index (χ2v) is 6.51. The molecule has 3 N–H and O–H groups in total. The predicted molar refractivity (Wildman–Crippen MR) is 61.4 cm³/mol. The molecule has 84 valence electrons. The fourth-order valence-electron chi connectivity index (χ4n) is 2.04. The zero-order valence-corrected chi connectivity index (χ0v) is 9.85. The van der Waals surface area contributed by atoms with Crippen LogP contribution in [0.3, 0.4) is 0 Å². The van der Waals surface area contributed by atoms with E-state index in [9.17, 15) is 8.42 Å². The minimum atomic E-state index is -3.37. The van der Waals surface area contributed by atoms with Gasteiger partial charge in [-0.3, -0.25) is 0 Å². The third-order valence-corrected chi connectivity index (χ3v) is 4.59. The molecule has 1 aliphatic heterocycles. The van der Waals surface area contributed by atoms with Crippen LogP contribution in [0.4, 0.5) is 0 Å². The molecule has 0 radical (unpaired) electrons. The van der Waals surface area contributed by atoms with E-state index in [1.54, 1.807) is 11.3 Å². The van der Waals surface area contributed by atoms with Crippen molar-refractivity contribution < 1.29 is 8.42 Å². The number of nitrogens with one attached hydrogen (secondary N) is 1. The van der Waals surface area contributed by atoms with Gasteiger partial charge in [0.1, 0.15) is 0 Å². The molecule has 4 nitrogen and oxygen atoms in total. The Balaban J connectivity index is 2.12. The molecular formula is C9H14N2O2S2. The maximum Gasteiger partial charge on any atom is 0.209 e. The molecule has 2 unspecified atom stereocenters. The Bertz CT molecular complexity index is 413. The first-order chi connectivity index (χ1) is 7.06. The average molecular weight is 246 g/mol. The van der Waals surface area contributed by atoms with E-state index in [0.29, 0.717) is 5.92 Å². The molecule has 1 saturated heterocycles. The highest BCUT2D eigenvalue weighted by Crippen LogP contribution is 2.31. The van der Waals surface area contributed by atoms with E-state index in [-0.39, 0.29) is 11.7 Å². The average Bonchev–Trinajstić information content (AvgIpc) is 2.68. The Morgan fingerprint density at radius 2 is 2.33 bits per heavy atom. The first kappa shape index (κ1) is 11.1. The van der Waals surface area contributed by atoms with Crippen LogP contribution in [0.5, 0.6) is 0 Å². The van der Waals surface area contributed by atoms with Crippen LogP contribution in [-0.2, 0) is 10.0 Å². The van der Waals surface area contributed by atoms with Crippen LogP contribution in [0.1, 0.15) is 10.8 Å². The van der Waals surface area contributed by atoms with Crippen molar-refractivity contribution in [2.75, 3.05) is 18.8 Å². The molecule has 1 fully saturated rings. The smallest absolute Gasteiger partial charge is 0.209 e. The first-order valence-electron chi connectivity index (χ1n) is 4.81. The van der Waals surface area contributed by atoms with Crippen LogP contribution in [0.15, 0.2) is 17.5 Å². The third-order valence-electron chi connectivity index (χ3n) is 2.69. The van der Waals surface area contributed by atoms with E-state index in [4.69, 9.17) is 5.14 Å². The number of hydrogen-bond acceptors (Lipinski definition) is 4. The van der Waals surface area contributed by atoms with E-state index < -0.39 is 10.0 Å². The maximum atomic E-state index is 11.1. The molecule has 0 spiro atoms. The summed E-state index contributed by atoms with van der Waals surface area (Å²) in [7, 11) is -3.37. The van der Waals surface area contributed by atoms with Crippen LogP contribution in [0.25, 0.3) is 0 Å². The van der Waals surface area contributed by atoms with E-state index in [2.05, 4.69) is 11.4 Å². The lowest BCUT2D eigenvalue weighted by Crippen LogP contribution is -2.26. The topological polar surface area (TPSA) is 72.2 Å². The Hall–Kier alpha value is -0.430. The van der Waals surface area contributed by atoms with Crippen molar-refractivity contribution in [2.45, 2.75) is 5.92 Å². The predicted octanol–water partition coefficient (Wildman–Crippen LogP) is 0.340. The van der Waals surface area contributed by atoms with Crippen LogP contribution in [0.2, 0.25) is 0 Å². The lowest BCUT2D eigenvalue weighted by atomic mass is 9.96. The number of nitrogens with two attached hydrogens (primary N) is 1. The van der Waals surface area contributed by atoms with Crippen molar-refractivity contribution in [2.24, 2.45) is 11.1 Å². The van der Waals surface area contributed by atoms with Crippen LogP contribution < -0.4 is 10.5 Å². The summed E-state index contributed by atoms with van der Waals surface area (Å²) < 4.78 is 22.1. The van der Waals surface area contributed by atoms with Gasteiger partial charge in [-0.05, 0) is 23.9 Å². The van der Waals surface area contributed by atoms with Gasteiger partial charge in [0.15, 0.2) is 0 Å². The number of hydrogen-bond donors (Lipinski definition) is 2. The van der Waals surface area contributed by atoms with E-state index in [1.807, 2.05) is 11.4 Å². The summed E-state index contributed by atoms with van der Waals surface area (Å²) in [6.07, 6.45) is 0. The van der Waals surface area contributed by atoms with Crippen molar-refractivity contribution in [1.82, 2.24) is 5.32 Å². The number of rotatable bonds is 3. The number of primary sulfonamides is 1. The molecule has 1 aromatic rings. The molecule has 0 aliphatic carbocycles. The van der Waals surface area contributed by atoms with Crippen molar-refractivity contribution in [3.8, 4) is 0 Å². The van der Waals surface area contributed by atoms with Crippen molar-refractivity contribution >= 4 is 21.4 Å². The van der Waals surface area contributed by atoms with Crippen molar-refractivity contribution in [1.29, 1.82) is 0 Å². The Labute approximate surface area is 93.5 Å². The number of sulfonamides is 1. The lowest BCUT2D eigenvalue weighted by molar-refractivity contribution is 0.546. The fraction of sp³-hybridized carbons (Fsp3) is 0.556. The second kappa shape index (κ2) is 4.21. The molecule has 0 aromatic carbocycles. The summed E-state index contributed by atoms with van der Waals surface area (Å²) in [6.45, 7) is 1.58. The fourth-order valence-corrected chi connectivity index (χ4v) is 3.91.